The summed E-state index contributed by atoms with van der Waals surface area (Å²) in [5.74, 6) is -1.37. The normalized spacial score (nSPS) is 28.7. The summed E-state index contributed by atoms with van der Waals surface area (Å²) in [6.07, 6.45) is 2.54. The van der Waals surface area contributed by atoms with Gasteiger partial charge in [0.1, 0.15) is 11.6 Å². The quantitative estimate of drug-likeness (QED) is 0.350. The van der Waals surface area contributed by atoms with Gasteiger partial charge >= 0.3 is 6.09 Å². The number of nitrogens with one attached hydrogen (secondary N) is 1. The molecule has 3 rings (SSSR count). The lowest BCUT2D eigenvalue weighted by Gasteiger charge is -2.51. The van der Waals surface area contributed by atoms with Crippen LogP contribution < -0.4 is 11.1 Å². The van der Waals surface area contributed by atoms with Crippen LogP contribution in [0.5, 0.6) is 0 Å². The van der Waals surface area contributed by atoms with Crippen LogP contribution in [-0.2, 0) is 19.9 Å². The van der Waals surface area contributed by atoms with Gasteiger partial charge in [0, 0.05) is 41.8 Å². The fraction of sp³-hybridized carbons (Fsp3) is 0.656. The second-order valence-corrected chi connectivity index (χ2v) is 14.4. The Kier molecular flexibility index (Phi) is 9.61. The summed E-state index contributed by atoms with van der Waals surface area (Å²) in [5.41, 5.74) is 3.12. The predicted molar refractivity (Wildman–Crippen MR) is 161 cm³/mol. The molecule has 1 aliphatic carbocycles. The van der Waals surface area contributed by atoms with E-state index in [9.17, 15) is 19.5 Å². The number of nitrogens with zero attached hydrogens (tertiary/aromatic N) is 1. The molecule has 0 bridgehead atoms. The van der Waals surface area contributed by atoms with E-state index in [0.29, 0.717) is 43.8 Å². The van der Waals surface area contributed by atoms with Gasteiger partial charge in [0.05, 0.1) is 5.60 Å². The van der Waals surface area contributed by atoms with E-state index in [1.165, 1.54) is 0 Å². The zero-order valence-corrected chi connectivity index (χ0v) is 26.4. The van der Waals surface area contributed by atoms with Gasteiger partial charge in [0.25, 0.3) is 0 Å². The van der Waals surface area contributed by atoms with Crippen LogP contribution in [0.15, 0.2) is 36.9 Å². The van der Waals surface area contributed by atoms with Gasteiger partial charge in [0.2, 0.25) is 11.8 Å². The number of rotatable bonds is 8. The van der Waals surface area contributed by atoms with Gasteiger partial charge in [0.15, 0.2) is 0 Å². The standard InChI is InChI=1S/C32H48ClN3O5/c1-9-15-31(41-28(34)39)16-14-23(25(31)29(4,5)6)26(37)35-24(20(2)3)27(38)36-18-17-32(40,30(7,8)19-36)21-10-12-22(33)13-11-21/h9-13,20,23-25,40H,1,14-19H2,2-8H3,(H2,34,39)(H,35,37)/t23-,24-,25?,31?,32+/m1/s1. The Morgan fingerprint density at radius 1 is 1.22 bits per heavy atom. The Balaban J connectivity index is 1.82. The molecule has 0 radical (unpaired) electrons. The van der Waals surface area contributed by atoms with Gasteiger partial charge in [-0.05, 0) is 48.3 Å². The van der Waals surface area contributed by atoms with Crippen molar-refractivity contribution in [2.75, 3.05) is 13.1 Å². The maximum absolute atomic E-state index is 13.9. The number of amides is 3. The lowest BCUT2D eigenvalue weighted by atomic mass is 9.66. The molecule has 1 aromatic carbocycles. The van der Waals surface area contributed by atoms with Crippen molar-refractivity contribution >= 4 is 29.5 Å². The molecule has 2 fully saturated rings. The van der Waals surface area contributed by atoms with E-state index in [1.807, 2.05) is 60.6 Å². The zero-order chi connectivity index (χ0) is 31.0. The van der Waals surface area contributed by atoms with E-state index < -0.39 is 40.1 Å². The molecule has 228 valence electrons. The third-order valence-corrected chi connectivity index (χ3v) is 9.48. The van der Waals surface area contributed by atoms with Crippen LogP contribution in [0, 0.1) is 28.6 Å². The van der Waals surface area contributed by atoms with E-state index in [0.717, 1.165) is 5.56 Å². The van der Waals surface area contributed by atoms with Gasteiger partial charge in [-0.15, -0.1) is 6.58 Å². The number of halogens is 1. The Bertz CT molecular complexity index is 1140. The van der Waals surface area contributed by atoms with Crippen molar-refractivity contribution in [2.24, 2.45) is 34.3 Å². The predicted octanol–water partition coefficient (Wildman–Crippen LogP) is 5.41. The Morgan fingerprint density at radius 3 is 2.32 bits per heavy atom. The second kappa shape index (κ2) is 12.0. The van der Waals surface area contributed by atoms with E-state index in [1.54, 1.807) is 23.1 Å². The molecule has 5 atom stereocenters. The minimum absolute atomic E-state index is 0.166. The fourth-order valence-electron chi connectivity index (χ4n) is 7.34. The highest BCUT2D eigenvalue weighted by Gasteiger charge is 2.57. The summed E-state index contributed by atoms with van der Waals surface area (Å²) in [6, 6.07) is 6.45. The van der Waals surface area contributed by atoms with Crippen molar-refractivity contribution in [3.63, 3.8) is 0 Å². The zero-order valence-electron chi connectivity index (χ0n) is 25.6. The van der Waals surface area contributed by atoms with Crippen LogP contribution in [0.1, 0.15) is 79.7 Å². The minimum Gasteiger partial charge on any atom is -0.442 e. The minimum atomic E-state index is -1.14. The second-order valence-electron chi connectivity index (χ2n) is 14.0. The van der Waals surface area contributed by atoms with Gasteiger partial charge in [-0.2, -0.15) is 0 Å². The molecule has 8 nitrogen and oxygen atoms in total. The molecular formula is C32H48ClN3O5. The number of hydrogen-bond donors (Lipinski definition) is 3. The first kappa shape index (κ1) is 32.9. The van der Waals surface area contributed by atoms with Crippen molar-refractivity contribution in [3.05, 3.63) is 47.5 Å². The average Bonchev–Trinajstić information content (AvgIpc) is 3.22. The molecule has 3 amide bonds. The first-order valence-corrected chi connectivity index (χ1v) is 14.9. The molecule has 1 saturated carbocycles. The maximum atomic E-state index is 13.9. The monoisotopic (exact) mass is 589 g/mol. The number of primary amides is 1. The number of hydrogen-bond acceptors (Lipinski definition) is 5. The van der Waals surface area contributed by atoms with E-state index in [-0.39, 0.29) is 23.7 Å². The van der Waals surface area contributed by atoms with Crippen molar-refractivity contribution < 1.29 is 24.2 Å². The van der Waals surface area contributed by atoms with Crippen molar-refractivity contribution in [1.82, 2.24) is 10.2 Å². The summed E-state index contributed by atoms with van der Waals surface area (Å²) in [5, 5.41) is 15.4. The van der Waals surface area contributed by atoms with Crippen molar-refractivity contribution in [1.29, 1.82) is 0 Å². The van der Waals surface area contributed by atoms with Crippen molar-refractivity contribution in [3.8, 4) is 0 Å². The highest BCUT2D eigenvalue weighted by Crippen LogP contribution is 2.53. The molecule has 1 saturated heterocycles. The molecule has 1 aliphatic heterocycles. The maximum Gasteiger partial charge on any atom is 0.405 e. The SMILES string of the molecule is C=CCC1(OC(N)=O)CC[C@@H](C(=O)N[C@@H](C(=O)N2CC[C@](O)(c3ccc(Cl)cc3)C(C)(C)C2)C(C)C)C1C(C)(C)C. The summed E-state index contributed by atoms with van der Waals surface area (Å²) >= 11 is 6.07. The Hall–Kier alpha value is -2.58. The molecule has 4 N–H and O–H groups in total. The lowest BCUT2D eigenvalue weighted by Crippen LogP contribution is -2.61. The molecule has 0 spiro atoms. The van der Waals surface area contributed by atoms with Crippen LogP contribution in [0.3, 0.4) is 0 Å². The molecule has 1 aromatic rings. The number of benzene rings is 1. The van der Waals surface area contributed by atoms with E-state index in [2.05, 4.69) is 11.9 Å². The number of carbonyl (C=O) groups is 3. The third-order valence-electron chi connectivity index (χ3n) is 9.22. The first-order chi connectivity index (χ1) is 18.9. The molecule has 41 heavy (non-hydrogen) atoms. The Morgan fingerprint density at radius 2 is 1.83 bits per heavy atom. The Labute approximate surface area is 250 Å². The summed E-state index contributed by atoms with van der Waals surface area (Å²) in [6.45, 7) is 18.3. The van der Waals surface area contributed by atoms with Crippen LogP contribution in [0.25, 0.3) is 0 Å². The highest BCUT2D eigenvalue weighted by molar-refractivity contribution is 6.30. The molecular weight excluding hydrogens is 542 g/mol. The molecule has 9 heteroatoms. The lowest BCUT2D eigenvalue weighted by molar-refractivity contribution is -0.157. The number of carbonyl (C=O) groups excluding carboxylic acids is 3. The van der Waals surface area contributed by atoms with E-state index >= 15 is 0 Å². The summed E-state index contributed by atoms with van der Waals surface area (Å²) in [7, 11) is 0. The molecule has 2 aliphatic rings. The number of piperidine rings is 1. The average molecular weight is 590 g/mol. The third kappa shape index (κ3) is 6.59. The van der Waals surface area contributed by atoms with Crippen molar-refractivity contribution in [2.45, 2.75) is 91.4 Å². The molecule has 1 heterocycles. The van der Waals surface area contributed by atoms with Gasteiger partial charge in [-0.3, -0.25) is 9.59 Å². The number of ether oxygens (including phenoxy) is 1. The van der Waals surface area contributed by atoms with Crippen LogP contribution in [0.2, 0.25) is 5.02 Å². The van der Waals surface area contributed by atoms with Crippen LogP contribution >= 0.6 is 11.6 Å². The largest absolute Gasteiger partial charge is 0.442 e. The number of aliphatic hydroxyl groups is 1. The van der Waals surface area contributed by atoms with Gasteiger partial charge in [-0.1, -0.05) is 78.3 Å². The van der Waals surface area contributed by atoms with Crippen LogP contribution in [0.4, 0.5) is 4.79 Å². The number of likely N-dealkylation sites (tertiary alicyclic amines) is 1. The molecule has 0 aromatic heterocycles. The topological polar surface area (TPSA) is 122 Å². The van der Waals surface area contributed by atoms with E-state index in [4.69, 9.17) is 22.1 Å². The fourth-order valence-corrected chi connectivity index (χ4v) is 7.46. The first-order valence-electron chi connectivity index (χ1n) is 14.6. The summed E-state index contributed by atoms with van der Waals surface area (Å²) in [4.78, 5) is 41.5. The van der Waals surface area contributed by atoms with Gasteiger partial charge < -0.3 is 25.8 Å². The summed E-state index contributed by atoms with van der Waals surface area (Å²) < 4.78 is 5.72. The van der Waals surface area contributed by atoms with Gasteiger partial charge in [-0.25, -0.2) is 4.79 Å². The van der Waals surface area contributed by atoms with Crippen LogP contribution in [-0.4, -0.2) is 52.6 Å². The highest BCUT2D eigenvalue weighted by atomic mass is 35.5. The number of nitrogens with two attached hydrogens (primary N) is 1. The smallest absolute Gasteiger partial charge is 0.405 e. The molecule has 2 unspecified atom stereocenters.